The van der Waals surface area contributed by atoms with E-state index in [4.69, 9.17) is 4.74 Å². The molecule has 0 unspecified atom stereocenters. The van der Waals surface area contributed by atoms with Gasteiger partial charge in [-0.2, -0.15) is 0 Å². The Hall–Kier alpha value is -3.13. The van der Waals surface area contributed by atoms with Gasteiger partial charge < -0.3 is 9.30 Å². The van der Waals surface area contributed by atoms with Crippen LogP contribution in [0.5, 0.6) is 5.75 Å². The van der Waals surface area contributed by atoms with Gasteiger partial charge in [-0.3, -0.25) is 20.4 Å². The zero-order chi connectivity index (χ0) is 20.1. The van der Waals surface area contributed by atoms with E-state index >= 15 is 0 Å². The number of benzene rings is 1. The van der Waals surface area contributed by atoms with Crippen molar-refractivity contribution in [3.05, 3.63) is 69.4 Å². The normalized spacial score (nSPS) is 10.5. The molecule has 7 nitrogen and oxygen atoms in total. The minimum atomic E-state index is -0.395. The fourth-order valence-corrected chi connectivity index (χ4v) is 3.63. The maximum atomic E-state index is 12.2. The van der Waals surface area contributed by atoms with E-state index in [9.17, 15) is 9.59 Å². The standard InChI is InChI=1S/C20H22N4O3S/c1-4-16-13(2)11-17(28-16)20(26)23-22-19(25)14-5-7-15(8-6-14)27-12-18-21-9-10-24(18)3/h5-11H,4,12H2,1-3H3,(H,22,25)(H,23,26). The van der Waals surface area contributed by atoms with Crippen molar-refractivity contribution in [3.8, 4) is 5.75 Å². The summed E-state index contributed by atoms with van der Waals surface area (Å²) in [5.41, 5.74) is 6.40. The second-order valence-corrected chi connectivity index (χ2v) is 7.38. The number of nitrogens with one attached hydrogen (secondary N) is 2. The van der Waals surface area contributed by atoms with Crippen LogP contribution in [0.2, 0.25) is 0 Å². The zero-order valence-electron chi connectivity index (χ0n) is 16.0. The van der Waals surface area contributed by atoms with Gasteiger partial charge in [-0.15, -0.1) is 11.3 Å². The summed E-state index contributed by atoms with van der Waals surface area (Å²) in [6, 6.07) is 8.52. The van der Waals surface area contributed by atoms with Crippen molar-refractivity contribution in [1.82, 2.24) is 20.4 Å². The molecule has 3 aromatic rings. The van der Waals surface area contributed by atoms with Crippen LogP contribution in [-0.2, 0) is 20.1 Å². The van der Waals surface area contributed by atoms with E-state index in [-0.39, 0.29) is 5.91 Å². The van der Waals surface area contributed by atoms with Gasteiger partial charge in [-0.05, 0) is 49.2 Å². The number of amides is 2. The number of hydrogen-bond donors (Lipinski definition) is 2. The second-order valence-electron chi connectivity index (χ2n) is 6.25. The van der Waals surface area contributed by atoms with Gasteiger partial charge in [0.05, 0.1) is 4.88 Å². The molecular formula is C20H22N4O3S. The third-order valence-corrected chi connectivity index (χ3v) is 5.64. The quantitative estimate of drug-likeness (QED) is 0.625. The summed E-state index contributed by atoms with van der Waals surface area (Å²) in [6.45, 7) is 4.36. The van der Waals surface area contributed by atoms with Crippen LogP contribution < -0.4 is 15.6 Å². The highest BCUT2D eigenvalue weighted by atomic mass is 32.1. The highest BCUT2D eigenvalue weighted by Gasteiger charge is 2.13. The summed E-state index contributed by atoms with van der Waals surface area (Å²) < 4.78 is 7.54. The average molecular weight is 398 g/mol. The van der Waals surface area contributed by atoms with E-state index in [2.05, 4.69) is 15.8 Å². The molecule has 0 spiro atoms. The van der Waals surface area contributed by atoms with E-state index < -0.39 is 5.91 Å². The maximum absolute atomic E-state index is 12.2. The number of ether oxygens (including phenoxy) is 1. The third-order valence-electron chi connectivity index (χ3n) is 4.26. The highest BCUT2D eigenvalue weighted by Crippen LogP contribution is 2.22. The molecule has 2 amide bonds. The lowest BCUT2D eigenvalue weighted by Crippen LogP contribution is -2.41. The molecule has 146 valence electrons. The predicted octanol–water partition coefficient (Wildman–Crippen LogP) is 3.01. The monoisotopic (exact) mass is 398 g/mol. The first-order valence-corrected chi connectivity index (χ1v) is 9.68. The van der Waals surface area contributed by atoms with E-state index in [1.807, 2.05) is 37.7 Å². The van der Waals surface area contributed by atoms with E-state index in [0.29, 0.717) is 22.8 Å². The van der Waals surface area contributed by atoms with Crippen LogP contribution in [0.4, 0.5) is 0 Å². The van der Waals surface area contributed by atoms with Crippen molar-refractivity contribution in [2.45, 2.75) is 26.9 Å². The highest BCUT2D eigenvalue weighted by molar-refractivity contribution is 7.14. The number of aromatic nitrogens is 2. The van der Waals surface area contributed by atoms with Gasteiger partial charge >= 0.3 is 0 Å². The summed E-state index contributed by atoms with van der Waals surface area (Å²) in [6.07, 6.45) is 4.44. The molecule has 0 aliphatic rings. The fourth-order valence-electron chi connectivity index (χ4n) is 2.62. The fraction of sp³-hybridized carbons (Fsp3) is 0.250. The Bertz CT molecular complexity index is 976. The third kappa shape index (κ3) is 4.58. The SMILES string of the molecule is CCc1sc(C(=O)NNC(=O)c2ccc(OCc3nccn3C)cc2)cc1C. The number of rotatable bonds is 6. The van der Waals surface area contributed by atoms with Crippen molar-refractivity contribution in [2.24, 2.45) is 7.05 Å². The molecule has 2 aromatic heterocycles. The molecule has 2 N–H and O–H groups in total. The molecule has 2 heterocycles. The Labute approximate surface area is 167 Å². The van der Waals surface area contributed by atoms with Crippen molar-refractivity contribution in [1.29, 1.82) is 0 Å². The minimum Gasteiger partial charge on any atom is -0.486 e. The molecule has 0 saturated carbocycles. The van der Waals surface area contributed by atoms with Gasteiger partial charge in [0, 0.05) is 29.9 Å². The minimum absolute atomic E-state index is 0.323. The number of hydrazine groups is 1. The second kappa shape index (κ2) is 8.71. The maximum Gasteiger partial charge on any atom is 0.279 e. The van der Waals surface area contributed by atoms with Crippen molar-refractivity contribution >= 4 is 23.2 Å². The topological polar surface area (TPSA) is 85.2 Å². The van der Waals surface area contributed by atoms with Crippen molar-refractivity contribution < 1.29 is 14.3 Å². The summed E-state index contributed by atoms with van der Waals surface area (Å²) in [4.78, 5) is 30.4. The van der Waals surface area contributed by atoms with Crippen molar-refractivity contribution in [2.75, 3.05) is 0 Å². The molecule has 1 aromatic carbocycles. The van der Waals surface area contributed by atoms with Gasteiger partial charge in [0.2, 0.25) is 0 Å². The summed E-state index contributed by atoms with van der Waals surface area (Å²) >= 11 is 1.44. The zero-order valence-corrected chi connectivity index (χ0v) is 16.8. The first kappa shape index (κ1) is 19.6. The van der Waals surface area contributed by atoms with Crippen LogP contribution in [0, 0.1) is 6.92 Å². The molecule has 0 saturated heterocycles. The number of imidazole rings is 1. The van der Waals surface area contributed by atoms with E-state index in [0.717, 1.165) is 22.7 Å². The number of carbonyl (C=O) groups is 2. The van der Waals surface area contributed by atoms with Crippen LogP contribution in [0.1, 0.15) is 43.2 Å². The first-order chi connectivity index (χ1) is 13.5. The molecular weight excluding hydrogens is 376 g/mol. The molecule has 0 aliphatic heterocycles. The Balaban J connectivity index is 1.52. The first-order valence-electron chi connectivity index (χ1n) is 8.87. The molecule has 8 heteroatoms. The lowest BCUT2D eigenvalue weighted by molar-refractivity contribution is 0.0849. The summed E-state index contributed by atoms with van der Waals surface area (Å²) in [7, 11) is 1.90. The summed E-state index contributed by atoms with van der Waals surface area (Å²) in [5, 5.41) is 0. The number of thiophene rings is 1. The molecule has 0 aliphatic carbocycles. The van der Waals surface area contributed by atoms with Gasteiger partial charge in [-0.1, -0.05) is 6.92 Å². The Morgan fingerprint density at radius 2 is 1.89 bits per heavy atom. The van der Waals surface area contributed by atoms with Gasteiger partial charge in [0.15, 0.2) is 0 Å². The van der Waals surface area contributed by atoms with Crippen molar-refractivity contribution in [3.63, 3.8) is 0 Å². The molecule has 0 atom stereocenters. The van der Waals surface area contributed by atoms with Gasteiger partial charge in [0.25, 0.3) is 11.8 Å². The lowest BCUT2D eigenvalue weighted by Gasteiger charge is -2.08. The number of nitrogens with zero attached hydrogens (tertiary/aromatic N) is 2. The number of aryl methyl sites for hydroxylation is 3. The molecule has 0 fully saturated rings. The Kier molecular flexibility index (Phi) is 6.10. The summed E-state index contributed by atoms with van der Waals surface area (Å²) in [5.74, 6) is 0.716. The molecule has 0 bridgehead atoms. The van der Waals surface area contributed by atoms with Crippen LogP contribution in [0.15, 0.2) is 42.7 Å². The molecule has 28 heavy (non-hydrogen) atoms. The van der Waals surface area contributed by atoms with E-state index in [1.165, 1.54) is 11.3 Å². The number of hydrogen-bond acceptors (Lipinski definition) is 5. The number of carbonyl (C=O) groups excluding carboxylic acids is 2. The van der Waals surface area contributed by atoms with Crippen LogP contribution in [-0.4, -0.2) is 21.4 Å². The van der Waals surface area contributed by atoms with Crippen LogP contribution in [0.25, 0.3) is 0 Å². The largest absolute Gasteiger partial charge is 0.486 e. The van der Waals surface area contributed by atoms with Gasteiger partial charge in [0.1, 0.15) is 18.2 Å². The average Bonchev–Trinajstić information content (AvgIpc) is 3.29. The molecule has 0 radical (unpaired) electrons. The van der Waals surface area contributed by atoms with Gasteiger partial charge in [-0.25, -0.2) is 4.98 Å². The Morgan fingerprint density at radius 1 is 1.18 bits per heavy atom. The molecule has 3 rings (SSSR count). The van der Waals surface area contributed by atoms with Crippen LogP contribution >= 0.6 is 11.3 Å². The lowest BCUT2D eigenvalue weighted by atomic mass is 10.2. The predicted molar refractivity (Wildman–Crippen MR) is 107 cm³/mol. The smallest absolute Gasteiger partial charge is 0.279 e. The van der Waals surface area contributed by atoms with Crippen LogP contribution in [0.3, 0.4) is 0 Å². The Morgan fingerprint density at radius 3 is 2.50 bits per heavy atom. The van der Waals surface area contributed by atoms with E-state index in [1.54, 1.807) is 30.5 Å².